The predicted octanol–water partition coefficient (Wildman–Crippen LogP) is 3.89. The Morgan fingerprint density at radius 3 is 2.84 bits per heavy atom. The fourth-order valence-electron chi connectivity index (χ4n) is 1.84. The van der Waals surface area contributed by atoms with Gasteiger partial charge in [-0.05, 0) is 37.6 Å². The molecular weight excluding hydrogens is 308 g/mol. The fraction of sp³-hybridized carbons (Fsp3) is 0.357. The van der Waals surface area contributed by atoms with Crippen LogP contribution in [0.15, 0.2) is 27.2 Å². The lowest BCUT2D eigenvalue weighted by Crippen LogP contribution is -2.07. The van der Waals surface area contributed by atoms with Crippen LogP contribution in [0.2, 0.25) is 0 Å². The number of benzene rings is 1. The Morgan fingerprint density at radius 2 is 2.21 bits per heavy atom. The minimum atomic E-state index is -0.345. The number of carbonyl (C=O) groups is 1. The molecule has 1 aromatic carbocycles. The van der Waals surface area contributed by atoms with Crippen LogP contribution in [-0.2, 0) is 4.79 Å². The second kappa shape index (κ2) is 5.65. The first-order valence-electron chi connectivity index (χ1n) is 6.15. The van der Waals surface area contributed by atoms with Gasteiger partial charge in [-0.15, -0.1) is 0 Å². The van der Waals surface area contributed by atoms with Gasteiger partial charge in [-0.2, -0.15) is 4.98 Å². The normalized spacial score (nSPS) is 12.4. The maximum absolute atomic E-state index is 11.6. The van der Waals surface area contributed by atoms with E-state index in [0.717, 1.165) is 15.6 Å². The van der Waals surface area contributed by atoms with Gasteiger partial charge in [-0.1, -0.05) is 28.0 Å². The summed E-state index contributed by atoms with van der Waals surface area (Å²) in [6.45, 7) is 5.60. The second-order valence-electron chi connectivity index (χ2n) is 4.46. The summed E-state index contributed by atoms with van der Waals surface area (Å²) in [6, 6.07) is 5.85. The van der Waals surface area contributed by atoms with Gasteiger partial charge in [-0.25, -0.2) is 0 Å². The van der Waals surface area contributed by atoms with Gasteiger partial charge in [0.15, 0.2) is 0 Å². The molecule has 4 nitrogen and oxygen atoms in total. The Morgan fingerprint density at radius 1 is 1.47 bits per heavy atom. The van der Waals surface area contributed by atoms with Crippen LogP contribution in [0.5, 0.6) is 0 Å². The van der Waals surface area contributed by atoms with Gasteiger partial charge in [0, 0.05) is 16.5 Å². The van der Waals surface area contributed by atoms with Gasteiger partial charge in [-0.3, -0.25) is 4.79 Å². The van der Waals surface area contributed by atoms with E-state index < -0.39 is 0 Å². The van der Waals surface area contributed by atoms with Crippen molar-refractivity contribution in [3.8, 4) is 11.4 Å². The quantitative estimate of drug-likeness (QED) is 0.856. The zero-order valence-electron chi connectivity index (χ0n) is 11.1. The van der Waals surface area contributed by atoms with Gasteiger partial charge in [0.1, 0.15) is 5.78 Å². The molecule has 0 fully saturated rings. The van der Waals surface area contributed by atoms with Crippen molar-refractivity contribution < 1.29 is 9.32 Å². The molecular formula is C14H15BrN2O2. The highest BCUT2D eigenvalue weighted by atomic mass is 79.9. The van der Waals surface area contributed by atoms with Crippen molar-refractivity contribution in [1.82, 2.24) is 10.1 Å². The smallest absolute Gasteiger partial charge is 0.237 e. The molecule has 0 bridgehead atoms. The highest BCUT2D eigenvalue weighted by Gasteiger charge is 2.21. The lowest BCUT2D eigenvalue weighted by Gasteiger charge is -2.02. The van der Waals surface area contributed by atoms with Crippen LogP contribution < -0.4 is 0 Å². The topological polar surface area (TPSA) is 56.0 Å². The molecule has 1 atom stereocenters. The van der Waals surface area contributed by atoms with Gasteiger partial charge in [0.05, 0.1) is 5.92 Å². The molecule has 2 rings (SSSR count). The van der Waals surface area contributed by atoms with Crippen molar-refractivity contribution in [2.75, 3.05) is 0 Å². The van der Waals surface area contributed by atoms with Crippen LogP contribution in [0.1, 0.15) is 37.6 Å². The molecule has 0 aliphatic rings. The third kappa shape index (κ3) is 2.92. The maximum atomic E-state index is 11.6. The molecule has 0 saturated heterocycles. The van der Waals surface area contributed by atoms with Crippen LogP contribution in [0.25, 0.3) is 11.4 Å². The fourth-order valence-corrected chi connectivity index (χ4v) is 2.32. The van der Waals surface area contributed by atoms with Crippen molar-refractivity contribution in [2.24, 2.45) is 0 Å². The second-order valence-corrected chi connectivity index (χ2v) is 5.37. The average Bonchev–Trinajstić information content (AvgIpc) is 2.86. The summed E-state index contributed by atoms with van der Waals surface area (Å²) in [5.74, 6) is 0.657. The molecule has 1 unspecified atom stereocenters. The molecule has 0 radical (unpaired) electrons. The summed E-state index contributed by atoms with van der Waals surface area (Å²) in [6.07, 6.45) is 0.468. The average molecular weight is 323 g/mol. The molecule has 0 aliphatic heterocycles. The van der Waals surface area contributed by atoms with Gasteiger partial charge < -0.3 is 4.52 Å². The molecule has 0 saturated carbocycles. The van der Waals surface area contributed by atoms with Crippen LogP contribution in [0, 0.1) is 6.92 Å². The molecule has 0 aliphatic carbocycles. The van der Waals surface area contributed by atoms with E-state index in [1.54, 1.807) is 6.92 Å². The van der Waals surface area contributed by atoms with Crippen molar-refractivity contribution >= 4 is 21.7 Å². The highest BCUT2D eigenvalue weighted by Crippen LogP contribution is 2.25. The maximum Gasteiger partial charge on any atom is 0.237 e. The van der Waals surface area contributed by atoms with Crippen LogP contribution in [-0.4, -0.2) is 15.9 Å². The van der Waals surface area contributed by atoms with Crippen LogP contribution >= 0.6 is 15.9 Å². The number of ketones is 1. The number of halogens is 1. The zero-order chi connectivity index (χ0) is 14.0. The third-order valence-electron chi connectivity index (χ3n) is 3.07. The number of hydrogen-bond donors (Lipinski definition) is 0. The Kier molecular flexibility index (Phi) is 4.14. The summed E-state index contributed by atoms with van der Waals surface area (Å²) in [4.78, 5) is 16.0. The van der Waals surface area contributed by atoms with E-state index in [0.29, 0.717) is 18.1 Å². The molecule has 0 amide bonds. The lowest BCUT2D eigenvalue weighted by molar-refractivity contribution is -0.120. The lowest BCUT2D eigenvalue weighted by atomic mass is 10.0. The first-order valence-corrected chi connectivity index (χ1v) is 6.95. The van der Waals surface area contributed by atoms with Crippen molar-refractivity contribution in [3.63, 3.8) is 0 Å². The number of aryl methyl sites for hydroxylation is 1. The molecule has 19 heavy (non-hydrogen) atoms. The van der Waals surface area contributed by atoms with Crippen LogP contribution in [0.3, 0.4) is 0 Å². The Balaban J connectivity index is 2.33. The van der Waals surface area contributed by atoms with E-state index in [1.165, 1.54) is 0 Å². The molecule has 2 aromatic rings. The first kappa shape index (κ1) is 13.9. The summed E-state index contributed by atoms with van der Waals surface area (Å²) >= 11 is 3.42. The largest absolute Gasteiger partial charge is 0.338 e. The SMILES string of the molecule is CCC(=O)C(C)c1nc(-c2ccc(Br)cc2C)no1. The summed E-state index contributed by atoms with van der Waals surface area (Å²) in [5.41, 5.74) is 1.96. The monoisotopic (exact) mass is 322 g/mol. The van der Waals surface area contributed by atoms with E-state index in [2.05, 4.69) is 26.1 Å². The first-order chi connectivity index (χ1) is 9.02. The van der Waals surface area contributed by atoms with E-state index >= 15 is 0 Å². The predicted molar refractivity (Wildman–Crippen MR) is 75.9 cm³/mol. The van der Waals surface area contributed by atoms with Crippen LogP contribution in [0.4, 0.5) is 0 Å². The van der Waals surface area contributed by atoms with E-state index in [9.17, 15) is 4.79 Å². The molecule has 5 heteroatoms. The number of carbonyl (C=O) groups excluding carboxylic acids is 1. The summed E-state index contributed by atoms with van der Waals surface area (Å²) < 4.78 is 6.20. The minimum absolute atomic E-state index is 0.0997. The Hall–Kier alpha value is -1.49. The van der Waals surface area contributed by atoms with Gasteiger partial charge in [0.2, 0.25) is 11.7 Å². The Labute approximate surface area is 120 Å². The van der Waals surface area contributed by atoms with Crippen molar-refractivity contribution in [1.29, 1.82) is 0 Å². The van der Waals surface area contributed by atoms with Gasteiger partial charge in [0.25, 0.3) is 0 Å². The molecule has 0 N–H and O–H groups in total. The molecule has 1 heterocycles. The van der Waals surface area contributed by atoms with E-state index in [1.807, 2.05) is 32.0 Å². The number of aromatic nitrogens is 2. The third-order valence-corrected chi connectivity index (χ3v) is 3.57. The molecule has 0 spiro atoms. The standard InChI is InChI=1S/C14H15BrN2O2/c1-4-12(18)9(3)14-16-13(17-19-14)11-6-5-10(15)7-8(11)2/h5-7,9H,4H2,1-3H3. The van der Waals surface area contributed by atoms with E-state index in [4.69, 9.17) is 4.52 Å². The zero-order valence-corrected chi connectivity index (χ0v) is 12.7. The number of hydrogen-bond acceptors (Lipinski definition) is 4. The van der Waals surface area contributed by atoms with Crippen molar-refractivity contribution in [2.45, 2.75) is 33.1 Å². The van der Waals surface area contributed by atoms with Crippen molar-refractivity contribution in [3.05, 3.63) is 34.1 Å². The van der Waals surface area contributed by atoms with E-state index in [-0.39, 0.29) is 11.7 Å². The molecule has 100 valence electrons. The molecule has 1 aromatic heterocycles. The minimum Gasteiger partial charge on any atom is -0.338 e. The Bertz CT molecular complexity index is 607. The van der Waals surface area contributed by atoms with Gasteiger partial charge >= 0.3 is 0 Å². The number of nitrogens with zero attached hydrogens (tertiary/aromatic N) is 2. The number of rotatable bonds is 4. The highest BCUT2D eigenvalue weighted by molar-refractivity contribution is 9.10. The summed E-state index contributed by atoms with van der Waals surface area (Å²) in [5, 5.41) is 3.96. The summed E-state index contributed by atoms with van der Waals surface area (Å²) in [7, 11) is 0. The number of Topliss-reactive ketones (excluding diaryl/α,β-unsaturated/α-hetero) is 1.